The maximum atomic E-state index is 12.4. The standard InChI is InChI=1S/C12H6BrIN2OS/c13-7-2-8-9(4-16-12(8)15-3-7)11(17)6-1-10(14)18-5-6/h1-5H,(H,15,16). The first-order chi connectivity index (χ1) is 8.65. The number of hydrogen-bond acceptors (Lipinski definition) is 3. The van der Waals surface area contributed by atoms with Crippen molar-refractivity contribution in [2.75, 3.05) is 0 Å². The molecule has 0 spiro atoms. The topological polar surface area (TPSA) is 45.8 Å². The number of nitrogens with one attached hydrogen (secondary N) is 1. The normalized spacial score (nSPS) is 11.0. The van der Waals surface area contributed by atoms with Gasteiger partial charge >= 0.3 is 0 Å². The summed E-state index contributed by atoms with van der Waals surface area (Å²) in [6.45, 7) is 0. The Morgan fingerprint density at radius 2 is 2.28 bits per heavy atom. The van der Waals surface area contributed by atoms with Crippen molar-refractivity contribution < 1.29 is 4.79 Å². The first kappa shape index (κ1) is 12.3. The molecule has 0 unspecified atom stereocenters. The van der Waals surface area contributed by atoms with Gasteiger partial charge in [0.25, 0.3) is 0 Å². The zero-order chi connectivity index (χ0) is 12.7. The molecule has 0 aliphatic rings. The molecule has 0 saturated carbocycles. The second kappa shape index (κ2) is 4.75. The molecule has 0 amide bonds. The van der Waals surface area contributed by atoms with Crippen molar-refractivity contribution in [3.8, 4) is 0 Å². The van der Waals surface area contributed by atoms with E-state index in [2.05, 4.69) is 48.5 Å². The molecule has 18 heavy (non-hydrogen) atoms. The van der Waals surface area contributed by atoms with E-state index in [0.29, 0.717) is 5.56 Å². The summed E-state index contributed by atoms with van der Waals surface area (Å²) in [6, 6.07) is 3.81. The van der Waals surface area contributed by atoms with Gasteiger partial charge < -0.3 is 4.98 Å². The first-order valence-corrected chi connectivity index (χ1v) is 7.81. The number of fused-ring (bicyclic) bond motifs is 1. The first-order valence-electron chi connectivity index (χ1n) is 5.06. The average molecular weight is 433 g/mol. The number of pyridine rings is 1. The minimum atomic E-state index is 0.0281. The number of hydrogen-bond donors (Lipinski definition) is 1. The van der Waals surface area contributed by atoms with E-state index in [1.807, 2.05) is 17.5 Å². The van der Waals surface area contributed by atoms with Gasteiger partial charge in [-0.15, -0.1) is 11.3 Å². The number of aromatic amines is 1. The molecule has 3 rings (SSSR count). The van der Waals surface area contributed by atoms with Gasteiger partial charge in [0.2, 0.25) is 0 Å². The number of carbonyl (C=O) groups is 1. The van der Waals surface area contributed by atoms with Crippen LogP contribution >= 0.6 is 49.9 Å². The lowest BCUT2D eigenvalue weighted by Gasteiger charge is -1.96. The van der Waals surface area contributed by atoms with Crippen LogP contribution in [0.4, 0.5) is 0 Å². The van der Waals surface area contributed by atoms with E-state index in [1.54, 1.807) is 23.7 Å². The average Bonchev–Trinajstić information content (AvgIpc) is 2.94. The molecule has 3 aromatic heterocycles. The van der Waals surface area contributed by atoms with Gasteiger partial charge in [-0.3, -0.25) is 4.79 Å². The highest BCUT2D eigenvalue weighted by molar-refractivity contribution is 14.1. The Balaban J connectivity index is 2.14. The molecule has 0 aliphatic carbocycles. The van der Waals surface area contributed by atoms with Gasteiger partial charge in [-0.1, -0.05) is 0 Å². The summed E-state index contributed by atoms with van der Waals surface area (Å²) in [5.41, 5.74) is 2.12. The van der Waals surface area contributed by atoms with Crippen LogP contribution in [-0.2, 0) is 0 Å². The van der Waals surface area contributed by atoms with Crippen molar-refractivity contribution in [3.05, 3.63) is 48.4 Å². The minimum Gasteiger partial charge on any atom is -0.345 e. The molecule has 3 aromatic rings. The summed E-state index contributed by atoms with van der Waals surface area (Å²) >= 11 is 7.16. The van der Waals surface area contributed by atoms with Crippen LogP contribution < -0.4 is 0 Å². The van der Waals surface area contributed by atoms with Crippen molar-refractivity contribution in [1.29, 1.82) is 0 Å². The fraction of sp³-hybridized carbons (Fsp3) is 0. The molecule has 3 nitrogen and oxygen atoms in total. The fourth-order valence-electron chi connectivity index (χ4n) is 1.75. The summed E-state index contributed by atoms with van der Waals surface area (Å²) in [4.78, 5) is 19.6. The van der Waals surface area contributed by atoms with Gasteiger partial charge in [0, 0.05) is 38.8 Å². The molecule has 0 saturated heterocycles. The number of carbonyl (C=O) groups excluding carboxylic acids is 1. The van der Waals surface area contributed by atoms with Crippen molar-refractivity contribution in [2.24, 2.45) is 0 Å². The van der Waals surface area contributed by atoms with Crippen LogP contribution in [0.25, 0.3) is 11.0 Å². The van der Waals surface area contributed by atoms with Crippen molar-refractivity contribution in [3.63, 3.8) is 0 Å². The Hall–Kier alpha value is -0.730. The van der Waals surface area contributed by atoms with E-state index in [0.717, 1.165) is 24.0 Å². The van der Waals surface area contributed by atoms with E-state index < -0.39 is 0 Å². The molecule has 6 heteroatoms. The third-order valence-corrected chi connectivity index (χ3v) is 4.79. The maximum absolute atomic E-state index is 12.4. The molecule has 0 bridgehead atoms. The minimum absolute atomic E-state index is 0.0281. The highest BCUT2D eigenvalue weighted by Gasteiger charge is 2.16. The van der Waals surface area contributed by atoms with Crippen LogP contribution in [0.3, 0.4) is 0 Å². The van der Waals surface area contributed by atoms with Gasteiger partial charge in [-0.2, -0.15) is 0 Å². The van der Waals surface area contributed by atoms with Gasteiger partial charge in [0.15, 0.2) is 5.78 Å². The number of H-pyrrole nitrogens is 1. The van der Waals surface area contributed by atoms with Crippen LogP contribution in [0.2, 0.25) is 0 Å². The molecule has 0 aromatic carbocycles. The number of nitrogens with zero attached hydrogens (tertiary/aromatic N) is 1. The lowest BCUT2D eigenvalue weighted by molar-refractivity contribution is 0.104. The summed E-state index contributed by atoms with van der Waals surface area (Å²) in [5, 5.41) is 2.73. The number of aromatic nitrogens is 2. The molecule has 90 valence electrons. The monoisotopic (exact) mass is 432 g/mol. The Bertz CT molecular complexity index is 749. The SMILES string of the molecule is O=C(c1csc(I)c1)c1c[nH]c2ncc(Br)cc12. The van der Waals surface area contributed by atoms with E-state index in [-0.39, 0.29) is 5.78 Å². The highest BCUT2D eigenvalue weighted by Crippen LogP contribution is 2.25. The maximum Gasteiger partial charge on any atom is 0.196 e. The van der Waals surface area contributed by atoms with Crippen molar-refractivity contribution in [2.45, 2.75) is 0 Å². The highest BCUT2D eigenvalue weighted by atomic mass is 127. The zero-order valence-electron chi connectivity index (χ0n) is 8.91. The van der Waals surface area contributed by atoms with Crippen LogP contribution in [0, 0.1) is 2.88 Å². The number of halogens is 2. The Morgan fingerprint density at radius 1 is 1.44 bits per heavy atom. The molecule has 0 radical (unpaired) electrons. The second-order valence-electron chi connectivity index (χ2n) is 3.72. The summed E-state index contributed by atoms with van der Waals surface area (Å²) in [5.74, 6) is 0.0281. The molecular weight excluding hydrogens is 427 g/mol. The molecule has 1 N–H and O–H groups in total. The Morgan fingerprint density at radius 3 is 3.00 bits per heavy atom. The Labute approximate surface area is 129 Å². The third-order valence-electron chi connectivity index (χ3n) is 2.57. The number of thiophene rings is 1. The van der Waals surface area contributed by atoms with Crippen LogP contribution in [-0.4, -0.2) is 15.8 Å². The molecule has 0 atom stereocenters. The lowest BCUT2D eigenvalue weighted by Crippen LogP contribution is -1.98. The Kier molecular flexibility index (Phi) is 3.25. The second-order valence-corrected chi connectivity index (χ2v) is 7.44. The third kappa shape index (κ3) is 2.12. The van der Waals surface area contributed by atoms with Gasteiger partial charge in [0.05, 0.1) is 2.88 Å². The largest absolute Gasteiger partial charge is 0.345 e. The fourth-order valence-corrected chi connectivity index (χ4v) is 3.41. The predicted octanol–water partition coefficient (Wildman–Crippen LogP) is 4.22. The lowest BCUT2D eigenvalue weighted by atomic mass is 10.1. The number of ketones is 1. The van der Waals surface area contributed by atoms with Crippen LogP contribution in [0.1, 0.15) is 15.9 Å². The van der Waals surface area contributed by atoms with Gasteiger partial charge in [-0.05, 0) is 50.7 Å². The molecule has 0 aliphatic heterocycles. The van der Waals surface area contributed by atoms with E-state index in [4.69, 9.17) is 0 Å². The summed E-state index contributed by atoms with van der Waals surface area (Å²) in [6.07, 6.45) is 3.43. The summed E-state index contributed by atoms with van der Waals surface area (Å²) < 4.78 is 1.97. The quantitative estimate of drug-likeness (QED) is 0.486. The van der Waals surface area contributed by atoms with E-state index in [9.17, 15) is 4.79 Å². The van der Waals surface area contributed by atoms with Gasteiger partial charge in [0.1, 0.15) is 5.65 Å². The van der Waals surface area contributed by atoms with Crippen molar-refractivity contribution >= 4 is 66.7 Å². The van der Waals surface area contributed by atoms with Crippen molar-refractivity contribution in [1.82, 2.24) is 9.97 Å². The molecule has 0 fully saturated rings. The van der Waals surface area contributed by atoms with Gasteiger partial charge in [-0.25, -0.2) is 4.98 Å². The smallest absolute Gasteiger partial charge is 0.196 e. The summed E-state index contributed by atoms with van der Waals surface area (Å²) in [7, 11) is 0. The molecule has 3 heterocycles. The zero-order valence-corrected chi connectivity index (χ0v) is 13.5. The van der Waals surface area contributed by atoms with E-state index in [1.165, 1.54) is 0 Å². The van der Waals surface area contributed by atoms with Crippen LogP contribution in [0.15, 0.2) is 34.4 Å². The van der Waals surface area contributed by atoms with Crippen LogP contribution in [0.5, 0.6) is 0 Å². The number of rotatable bonds is 2. The molecular formula is C12H6BrIN2OS. The van der Waals surface area contributed by atoms with E-state index >= 15 is 0 Å². The predicted molar refractivity (Wildman–Crippen MR) is 84.3 cm³/mol.